The third-order valence-electron chi connectivity index (χ3n) is 3.24. The van der Waals surface area contributed by atoms with Crippen molar-refractivity contribution in [2.75, 3.05) is 11.5 Å². The molecular weight excluding hydrogens is 472 g/mol. The third kappa shape index (κ3) is 4.34. The highest BCUT2D eigenvalue weighted by molar-refractivity contribution is 9.11. The zero-order valence-electron chi connectivity index (χ0n) is 12.5. The average Bonchev–Trinajstić information content (AvgIpc) is 2.78. The van der Waals surface area contributed by atoms with Gasteiger partial charge in [0.05, 0.1) is 17.5 Å². The van der Waals surface area contributed by atoms with Crippen LogP contribution in [0.1, 0.15) is 20.3 Å². The predicted molar refractivity (Wildman–Crippen MR) is 96.7 cm³/mol. The van der Waals surface area contributed by atoms with Crippen molar-refractivity contribution >= 4 is 57.4 Å². The van der Waals surface area contributed by atoms with Gasteiger partial charge >= 0.3 is 0 Å². The van der Waals surface area contributed by atoms with Gasteiger partial charge in [0.2, 0.25) is 0 Å². The maximum absolute atomic E-state index is 13.0. The zero-order valence-corrected chi connectivity index (χ0v) is 17.3. The summed E-state index contributed by atoms with van der Waals surface area (Å²) in [6.45, 7) is 3.34. The van der Waals surface area contributed by atoms with Crippen molar-refractivity contribution in [3.63, 3.8) is 0 Å². The number of hydrogen-bond acceptors (Lipinski definition) is 5. The molecule has 1 aliphatic heterocycles. The Balaban J connectivity index is 2.54. The van der Waals surface area contributed by atoms with E-state index < -0.39 is 25.9 Å². The molecule has 0 aromatic heterocycles. The Hall–Kier alpha value is -0.450. The topological polar surface area (TPSA) is 83.9 Å². The van der Waals surface area contributed by atoms with Crippen molar-refractivity contribution in [2.45, 2.75) is 31.2 Å². The zero-order chi connectivity index (χ0) is 17.4. The molecule has 1 aliphatic rings. The van der Waals surface area contributed by atoms with Crippen molar-refractivity contribution in [1.82, 2.24) is 4.41 Å². The van der Waals surface area contributed by atoms with Gasteiger partial charge in [-0.05, 0) is 54.4 Å². The molecule has 23 heavy (non-hydrogen) atoms. The summed E-state index contributed by atoms with van der Waals surface area (Å²) in [6.07, 6.45) is 0.240. The van der Waals surface area contributed by atoms with E-state index in [9.17, 15) is 16.8 Å². The van der Waals surface area contributed by atoms with Gasteiger partial charge in [-0.2, -0.15) is 17.9 Å². The minimum absolute atomic E-state index is 0.0262. The van der Waals surface area contributed by atoms with Gasteiger partial charge in [0, 0.05) is 14.7 Å². The van der Waals surface area contributed by atoms with E-state index in [4.69, 9.17) is 0 Å². The highest BCUT2D eigenvalue weighted by Gasteiger charge is 2.39. The lowest BCUT2D eigenvalue weighted by molar-refractivity contribution is 0.354. The number of halogens is 2. The molecule has 0 unspecified atom stereocenters. The molecular formula is C13H16Br2N2O4S2. The van der Waals surface area contributed by atoms with Crippen molar-refractivity contribution in [3.8, 4) is 0 Å². The van der Waals surface area contributed by atoms with Gasteiger partial charge in [0.25, 0.3) is 10.0 Å². The molecule has 0 radical (unpaired) electrons. The number of hydrogen-bond donors (Lipinski definition) is 0. The SMILES string of the molecule is CC(C)=NN([C@H]1CCS(=O)(=O)C1)S(=O)(=O)c1cc(Br)ccc1Br. The van der Waals surface area contributed by atoms with E-state index in [0.717, 1.165) is 4.41 Å². The molecule has 0 saturated carbocycles. The number of benzene rings is 1. The molecule has 6 nitrogen and oxygen atoms in total. The summed E-state index contributed by atoms with van der Waals surface area (Å²) in [5.74, 6) is -0.240. The molecule has 1 fully saturated rings. The highest BCUT2D eigenvalue weighted by Crippen LogP contribution is 2.31. The molecule has 0 aliphatic carbocycles. The Morgan fingerprint density at radius 1 is 1.30 bits per heavy atom. The van der Waals surface area contributed by atoms with Gasteiger partial charge < -0.3 is 0 Å². The fourth-order valence-electron chi connectivity index (χ4n) is 2.25. The molecule has 0 amide bonds. The van der Waals surface area contributed by atoms with E-state index in [2.05, 4.69) is 37.0 Å². The largest absolute Gasteiger partial charge is 0.280 e. The van der Waals surface area contributed by atoms with Crippen LogP contribution in [0, 0.1) is 0 Å². The maximum Gasteiger partial charge on any atom is 0.280 e. The number of hydrazone groups is 1. The summed E-state index contributed by atoms with van der Waals surface area (Å²) >= 11 is 6.49. The van der Waals surface area contributed by atoms with Gasteiger partial charge in [0.15, 0.2) is 9.84 Å². The van der Waals surface area contributed by atoms with Crippen molar-refractivity contribution in [3.05, 3.63) is 27.1 Å². The molecule has 128 valence electrons. The quantitative estimate of drug-likeness (QED) is 0.482. The Labute approximate surface area is 153 Å². The summed E-state index contributed by atoms with van der Waals surface area (Å²) in [5, 5.41) is 4.10. The van der Waals surface area contributed by atoms with Crippen molar-refractivity contribution in [2.24, 2.45) is 5.10 Å². The van der Waals surface area contributed by atoms with E-state index in [1.54, 1.807) is 26.0 Å². The Morgan fingerprint density at radius 3 is 2.48 bits per heavy atom. The fourth-order valence-corrected chi connectivity index (χ4v) is 7.05. The monoisotopic (exact) mass is 486 g/mol. The van der Waals surface area contributed by atoms with E-state index in [-0.39, 0.29) is 22.8 Å². The summed E-state index contributed by atoms with van der Waals surface area (Å²) in [6, 6.07) is 4.10. The third-order valence-corrected chi connectivity index (χ3v) is 8.20. The molecule has 2 rings (SSSR count). The molecule has 0 bridgehead atoms. The minimum atomic E-state index is -3.98. The molecule has 1 heterocycles. The molecule has 1 saturated heterocycles. The van der Waals surface area contributed by atoms with Gasteiger partial charge in [-0.3, -0.25) is 0 Å². The van der Waals surface area contributed by atoms with Gasteiger partial charge in [-0.1, -0.05) is 15.9 Å². The first-order valence-corrected chi connectivity index (χ1v) is 11.6. The maximum atomic E-state index is 13.0. The summed E-state index contributed by atoms with van der Waals surface area (Å²) < 4.78 is 51.4. The summed E-state index contributed by atoms with van der Waals surface area (Å²) in [5.41, 5.74) is 0.531. The van der Waals surface area contributed by atoms with Crippen LogP contribution in [0.4, 0.5) is 0 Å². The second-order valence-corrected chi connectivity index (χ2v) is 11.2. The number of nitrogens with zero attached hydrogens (tertiary/aromatic N) is 2. The van der Waals surface area contributed by atoms with Crippen LogP contribution in [0.2, 0.25) is 0 Å². The van der Waals surface area contributed by atoms with Crippen LogP contribution in [0.5, 0.6) is 0 Å². The second kappa shape index (κ2) is 6.81. The number of sulfonamides is 1. The first kappa shape index (κ1) is 18.9. The molecule has 0 spiro atoms. The smallest absolute Gasteiger partial charge is 0.229 e. The van der Waals surface area contributed by atoms with Gasteiger partial charge in [-0.15, -0.1) is 0 Å². The first-order chi connectivity index (χ1) is 10.5. The van der Waals surface area contributed by atoms with Crippen molar-refractivity contribution in [1.29, 1.82) is 0 Å². The van der Waals surface area contributed by atoms with Gasteiger partial charge in [0.1, 0.15) is 4.90 Å². The summed E-state index contributed by atoms with van der Waals surface area (Å²) in [7, 11) is -7.21. The van der Waals surface area contributed by atoms with Crippen LogP contribution < -0.4 is 0 Å². The normalized spacial score (nSPS) is 20.3. The molecule has 0 N–H and O–H groups in total. The van der Waals surface area contributed by atoms with E-state index in [1.165, 1.54) is 6.07 Å². The molecule has 1 aromatic carbocycles. The van der Waals surface area contributed by atoms with E-state index in [0.29, 0.717) is 14.7 Å². The predicted octanol–water partition coefficient (Wildman–Crippen LogP) is 2.79. The average molecular weight is 488 g/mol. The Bertz CT molecular complexity index is 847. The van der Waals surface area contributed by atoms with Crippen LogP contribution >= 0.6 is 31.9 Å². The lowest BCUT2D eigenvalue weighted by Crippen LogP contribution is -2.37. The number of rotatable bonds is 4. The van der Waals surface area contributed by atoms with E-state index in [1.807, 2.05) is 0 Å². The fraction of sp³-hybridized carbons (Fsp3) is 0.462. The minimum Gasteiger partial charge on any atom is -0.229 e. The first-order valence-electron chi connectivity index (χ1n) is 6.75. The lowest BCUT2D eigenvalue weighted by atomic mass is 10.3. The van der Waals surface area contributed by atoms with E-state index >= 15 is 0 Å². The second-order valence-electron chi connectivity index (χ2n) is 5.46. The molecule has 1 atom stereocenters. The molecule has 10 heteroatoms. The van der Waals surface area contributed by atoms with Crippen molar-refractivity contribution < 1.29 is 16.8 Å². The van der Waals surface area contributed by atoms with Crippen LogP contribution in [-0.2, 0) is 19.9 Å². The number of sulfone groups is 1. The molecule has 1 aromatic rings. The lowest BCUT2D eigenvalue weighted by Gasteiger charge is -2.25. The summed E-state index contributed by atoms with van der Waals surface area (Å²) in [4.78, 5) is 0.0428. The Kier molecular flexibility index (Phi) is 5.59. The van der Waals surface area contributed by atoms with Crippen LogP contribution in [0.25, 0.3) is 0 Å². The standard InChI is InChI=1S/C13H16Br2N2O4S2/c1-9(2)16-17(11-5-6-22(18,19)8-11)23(20,21)13-7-10(14)3-4-12(13)15/h3-4,7,11H,5-6,8H2,1-2H3/t11-/m0/s1. The van der Waals surface area contributed by atoms with Crippen LogP contribution in [0.15, 0.2) is 37.1 Å². The Morgan fingerprint density at radius 2 is 1.96 bits per heavy atom. The van der Waals surface area contributed by atoms with Crippen LogP contribution in [-0.4, -0.2) is 44.5 Å². The van der Waals surface area contributed by atoms with Gasteiger partial charge in [-0.25, -0.2) is 8.42 Å². The van der Waals surface area contributed by atoms with Crippen LogP contribution in [0.3, 0.4) is 0 Å². The highest BCUT2D eigenvalue weighted by atomic mass is 79.9.